The van der Waals surface area contributed by atoms with E-state index >= 15 is 0 Å². The van der Waals surface area contributed by atoms with Crippen LogP contribution in [0.15, 0.2) is 0 Å². The van der Waals surface area contributed by atoms with Gasteiger partial charge in [-0.15, -0.1) is 0 Å². The van der Waals surface area contributed by atoms with Crippen LogP contribution in [-0.2, 0) is 4.79 Å². The number of rotatable bonds is 5. The molecule has 0 saturated heterocycles. The van der Waals surface area contributed by atoms with Crippen LogP contribution in [0.3, 0.4) is 0 Å². The fourth-order valence-corrected chi connectivity index (χ4v) is 0.901. The second-order valence-electron chi connectivity index (χ2n) is 4.90. The predicted octanol–water partition coefficient (Wildman–Crippen LogP) is 1.56. The molecule has 84 valence electrons. The van der Waals surface area contributed by atoms with E-state index in [0.717, 1.165) is 0 Å². The van der Waals surface area contributed by atoms with E-state index in [2.05, 4.69) is 33.0 Å². The average Bonchev–Trinajstić information content (AvgIpc) is 2.09. The summed E-state index contributed by atoms with van der Waals surface area (Å²) in [5, 5.41) is 11.4. The summed E-state index contributed by atoms with van der Waals surface area (Å²) in [6.07, 6.45) is 0.975. The monoisotopic (exact) mass is 201 g/mol. The fraction of sp³-hybridized carbons (Fsp3) is 0.909. The highest BCUT2D eigenvalue weighted by molar-refractivity contribution is 5.75. The molecule has 3 heteroatoms. The van der Waals surface area contributed by atoms with E-state index in [-0.39, 0.29) is 17.9 Å². The van der Waals surface area contributed by atoms with Gasteiger partial charge in [-0.3, -0.25) is 4.79 Å². The Balaban J connectivity index is 3.67. The zero-order chi connectivity index (χ0) is 11.2. The summed E-state index contributed by atoms with van der Waals surface area (Å²) in [6, 6.07) is 0. The molecule has 0 aliphatic heterocycles. The van der Waals surface area contributed by atoms with Crippen LogP contribution >= 0.6 is 0 Å². The van der Waals surface area contributed by atoms with Gasteiger partial charge in [0.1, 0.15) is 0 Å². The van der Waals surface area contributed by atoms with Crippen LogP contribution in [0.25, 0.3) is 0 Å². The van der Waals surface area contributed by atoms with Crippen molar-refractivity contribution >= 4 is 5.91 Å². The highest BCUT2D eigenvalue weighted by atomic mass is 16.3. The first-order chi connectivity index (χ1) is 6.38. The number of hydrogen-bond donors (Lipinski definition) is 2. The molecule has 0 aromatic rings. The van der Waals surface area contributed by atoms with Gasteiger partial charge in [0.25, 0.3) is 0 Å². The molecule has 0 heterocycles. The SMILES string of the molecule is CC(CNC(=O)CCCO)C(C)(C)C. The Morgan fingerprint density at radius 1 is 1.43 bits per heavy atom. The van der Waals surface area contributed by atoms with E-state index < -0.39 is 0 Å². The second-order valence-corrected chi connectivity index (χ2v) is 4.90. The minimum atomic E-state index is 0.0372. The van der Waals surface area contributed by atoms with Crippen LogP contribution in [0.2, 0.25) is 0 Å². The van der Waals surface area contributed by atoms with Gasteiger partial charge in [0.2, 0.25) is 5.91 Å². The summed E-state index contributed by atoms with van der Waals surface area (Å²) in [6.45, 7) is 9.43. The summed E-state index contributed by atoms with van der Waals surface area (Å²) in [4.78, 5) is 11.2. The lowest BCUT2D eigenvalue weighted by Crippen LogP contribution is -2.33. The minimum Gasteiger partial charge on any atom is -0.396 e. The maximum atomic E-state index is 11.2. The van der Waals surface area contributed by atoms with E-state index in [4.69, 9.17) is 5.11 Å². The molecule has 14 heavy (non-hydrogen) atoms. The maximum Gasteiger partial charge on any atom is 0.220 e. The number of aliphatic hydroxyl groups is 1. The van der Waals surface area contributed by atoms with Gasteiger partial charge in [-0.25, -0.2) is 0 Å². The van der Waals surface area contributed by atoms with Crippen molar-refractivity contribution in [3.05, 3.63) is 0 Å². The summed E-state index contributed by atoms with van der Waals surface area (Å²) in [5.74, 6) is 0.496. The van der Waals surface area contributed by atoms with Crippen molar-refractivity contribution in [3.8, 4) is 0 Å². The van der Waals surface area contributed by atoms with Gasteiger partial charge in [0, 0.05) is 19.6 Å². The normalized spacial score (nSPS) is 13.8. The van der Waals surface area contributed by atoms with Crippen LogP contribution < -0.4 is 5.32 Å². The van der Waals surface area contributed by atoms with Gasteiger partial charge in [0.05, 0.1) is 0 Å². The third kappa shape index (κ3) is 5.97. The molecule has 0 rings (SSSR count). The molecule has 0 spiro atoms. The standard InChI is InChI=1S/C11H23NO2/c1-9(11(2,3)4)8-12-10(14)6-5-7-13/h9,13H,5-8H2,1-4H3,(H,12,14). The third-order valence-electron chi connectivity index (χ3n) is 2.65. The number of carbonyl (C=O) groups is 1. The number of hydrogen-bond acceptors (Lipinski definition) is 2. The summed E-state index contributed by atoms with van der Waals surface area (Å²) >= 11 is 0. The number of nitrogens with one attached hydrogen (secondary N) is 1. The van der Waals surface area contributed by atoms with Crippen molar-refractivity contribution in [2.45, 2.75) is 40.5 Å². The van der Waals surface area contributed by atoms with Gasteiger partial charge in [-0.05, 0) is 17.8 Å². The van der Waals surface area contributed by atoms with Crippen LogP contribution in [0.1, 0.15) is 40.5 Å². The van der Waals surface area contributed by atoms with Crippen molar-refractivity contribution < 1.29 is 9.90 Å². The van der Waals surface area contributed by atoms with Gasteiger partial charge in [-0.2, -0.15) is 0 Å². The molecule has 0 fully saturated rings. The Bertz CT molecular complexity index is 173. The van der Waals surface area contributed by atoms with E-state index in [0.29, 0.717) is 25.3 Å². The van der Waals surface area contributed by atoms with Crippen molar-refractivity contribution in [2.24, 2.45) is 11.3 Å². The number of amides is 1. The molecule has 0 aromatic heterocycles. The van der Waals surface area contributed by atoms with E-state index in [9.17, 15) is 4.79 Å². The third-order valence-corrected chi connectivity index (χ3v) is 2.65. The Kier molecular flexibility index (Phi) is 5.77. The molecule has 1 unspecified atom stereocenters. The molecule has 3 nitrogen and oxygen atoms in total. The second kappa shape index (κ2) is 6.02. The lowest BCUT2D eigenvalue weighted by Gasteiger charge is -2.27. The lowest BCUT2D eigenvalue weighted by molar-refractivity contribution is -0.121. The van der Waals surface area contributed by atoms with Gasteiger partial charge >= 0.3 is 0 Å². The van der Waals surface area contributed by atoms with Crippen LogP contribution in [0, 0.1) is 11.3 Å². The smallest absolute Gasteiger partial charge is 0.220 e. The van der Waals surface area contributed by atoms with Gasteiger partial charge in [-0.1, -0.05) is 27.7 Å². The quantitative estimate of drug-likeness (QED) is 0.709. The van der Waals surface area contributed by atoms with Crippen molar-refractivity contribution in [2.75, 3.05) is 13.2 Å². The number of carbonyl (C=O) groups excluding carboxylic acids is 1. The molecule has 0 aromatic carbocycles. The zero-order valence-corrected chi connectivity index (χ0v) is 9.76. The lowest BCUT2D eigenvalue weighted by atomic mass is 9.82. The van der Waals surface area contributed by atoms with Crippen molar-refractivity contribution in [3.63, 3.8) is 0 Å². The van der Waals surface area contributed by atoms with Gasteiger partial charge < -0.3 is 10.4 Å². The largest absolute Gasteiger partial charge is 0.396 e. The molecule has 0 bridgehead atoms. The Labute approximate surface area is 86.9 Å². The van der Waals surface area contributed by atoms with Crippen LogP contribution in [-0.4, -0.2) is 24.2 Å². The van der Waals surface area contributed by atoms with Crippen LogP contribution in [0.4, 0.5) is 0 Å². The summed E-state index contributed by atoms with van der Waals surface area (Å²) in [7, 11) is 0. The van der Waals surface area contributed by atoms with Gasteiger partial charge in [0.15, 0.2) is 0 Å². The molecule has 0 aliphatic rings. The molecular formula is C11H23NO2. The first-order valence-corrected chi connectivity index (χ1v) is 5.25. The van der Waals surface area contributed by atoms with E-state index in [1.54, 1.807) is 0 Å². The first-order valence-electron chi connectivity index (χ1n) is 5.25. The number of aliphatic hydroxyl groups excluding tert-OH is 1. The maximum absolute atomic E-state index is 11.2. The molecule has 1 amide bonds. The molecule has 1 atom stereocenters. The highest BCUT2D eigenvalue weighted by Crippen LogP contribution is 2.24. The summed E-state index contributed by atoms with van der Waals surface area (Å²) in [5.41, 5.74) is 0.226. The van der Waals surface area contributed by atoms with Crippen LogP contribution in [0.5, 0.6) is 0 Å². The van der Waals surface area contributed by atoms with Crippen molar-refractivity contribution in [1.82, 2.24) is 5.32 Å². The minimum absolute atomic E-state index is 0.0372. The predicted molar refractivity (Wildman–Crippen MR) is 57.9 cm³/mol. The Morgan fingerprint density at radius 2 is 2.00 bits per heavy atom. The highest BCUT2D eigenvalue weighted by Gasteiger charge is 2.19. The summed E-state index contributed by atoms with van der Waals surface area (Å²) < 4.78 is 0. The fourth-order valence-electron chi connectivity index (χ4n) is 0.901. The molecule has 0 radical (unpaired) electrons. The van der Waals surface area contributed by atoms with E-state index in [1.165, 1.54) is 0 Å². The molecule has 0 saturated carbocycles. The Hall–Kier alpha value is -0.570. The molecule has 0 aliphatic carbocycles. The topological polar surface area (TPSA) is 49.3 Å². The Morgan fingerprint density at radius 3 is 2.43 bits per heavy atom. The molecular weight excluding hydrogens is 178 g/mol. The van der Waals surface area contributed by atoms with E-state index in [1.807, 2.05) is 0 Å². The first kappa shape index (κ1) is 13.4. The average molecular weight is 201 g/mol. The zero-order valence-electron chi connectivity index (χ0n) is 9.76. The molecule has 2 N–H and O–H groups in total. The van der Waals surface area contributed by atoms with Crippen molar-refractivity contribution in [1.29, 1.82) is 0 Å².